The van der Waals surface area contributed by atoms with E-state index in [2.05, 4.69) is 477 Å². The van der Waals surface area contributed by atoms with E-state index in [9.17, 15) is 0 Å². The Labute approximate surface area is 732 Å². The van der Waals surface area contributed by atoms with Gasteiger partial charge in [0.1, 0.15) is 0 Å². The summed E-state index contributed by atoms with van der Waals surface area (Å²) < 4.78 is 8.10. The van der Waals surface area contributed by atoms with E-state index < -0.39 is 0 Å². The molecule has 0 unspecified atom stereocenters. The van der Waals surface area contributed by atoms with Crippen molar-refractivity contribution in [2.75, 3.05) is 16.0 Å². The molecule has 0 aliphatic heterocycles. The van der Waals surface area contributed by atoms with Gasteiger partial charge >= 0.3 is 0 Å². The lowest BCUT2D eigenvalue weighted by molar-refractivity contribution is 1.53. The molecule has 6 heteroatoms. The van der Waals surface area contributed by atoms with Gasteiger partial charge in [0.15, 0.2) is 0 Å². The molecule has 3 aromatic heterocycles. The van der Waals surface area contributed by atoms with E-state index in [1.54, 1.807) is 0 Å². The van der Waals surface area contributed by atoms with Crippen LogP contribution in [0.3, 0.4) is 0 Å². The third kappa shape index (κ3) is 14.8. The monoisotopic (exact) mass is 1630 g/mol. The summed E-state index contributed by atoms with van der Waals surface area (Å²) in [4.78, 5) is 0. The molecule has 24 rings (SSSR count). The molecule has 0 aliphatic rings. The van der Waals surface area contributed by atoms with E-state index in [1.165, 1.54) is 193 Å². The standard InChI is InChI=1S/2C40H27NS.C38H25NS/c1-3-11-27(12-4-1)30-16-9-17-33(24-30)41-34-25-31(28-13-5-2-6-14-28)23-32(26-34)36-19-10-20-37-38-22-21-29-15-7-8-18-35(29)39(38)42-40(36)37;1-2-7-27(8-3-1)28-13-15-29(16-14-28)30-17-22-33(23-18-30)41-34-24-19-32(20-25-34)36-11-6-12-37-38-26-21-31-9-4-5-10-35(31)40(38)42-39(36)37;1-3-10-31-25(7-1)9-5-12-32(31)27-15-20-29(21-16-27)39-30-22-17-28(18-23-30)34-13-6-14-35-36-24-19-26-8-2-4-11-33(26)38(36)40-37(34)35/h2*1-26,41H;1-24,39H. The third-order valence-corrected chi connectivity index (χ3v) is 27.8. The Morgan fingerprint density at radius 2 is 0.379 bits per heavy atom. The minimum atomic E-state index is 1.07. The largest absolute Gasteiger partial charge is 0.356 e. The number of hydrogen-bond donors (Lipinski definition) is 3. The lowest BCUT2D eigenvalue weighted by Gasteiger charge is -2.14. The van der Waals surface area contributed by atoms with Crippen LogP contribution in [-0.2, 0) is 0 Å². The van der Waals surface area contributed by atoms with Crippen molar-refractivity contribution in [3.05, 3.63) is 461 Å². The molecule has 21 aromatic carbocycles. The Morgan fingerprint density at radius 1 is 0.121 bits per heavy atom. The van der Waals surface area contributed by atoms with Crippen molar-refractivity contribution in [2.24, 2.45) is 0 Å². The number of nitrogens with one attached hydrogen (secondary N) is 3. The zero-order valence-corrected chi connectivity index (χ0v) is 70.1. The molecule has 0 spiro atoms. The van der Waals surface area contributed by atoms with Crippen molar-refractivity contribution in [3.63, 3.8) is 0 Å². The third-order valence-electron chi connectivity index (χ3n) is 23.9. The highest BCUT2D eigenvalue weighted by atomic mass is 32.1. The zero-order chi connectivity index (χ0) is 82.2. The number of rotatable bonds is 14. The highest BCUT2D eigenvalue weighted by molar-refractivity contribution is 7.28. The van der Waals surface area contributed by atoms with Crippen molar-refractivity contribution in [2.45, 2.75) is 0 Å². The maximum Gasteiger partial charge on any atom is 0.0434 e. The van der Waals surface area contributed by atoms with Crippen LogP contribution in [0.2, 0.25) is 0 Å². The quantitative estimate of drug-likeness (QED) is 0.102. The van der Waals surface area contributed by atoms with Crippen LogP contribution < -0.4 is 16.0 Å². The molecular weight excluding hydrogens is 1560 g/mol. The molecule has 3 nitrogen and oxygen atoms in total. The summed E-state index contributed by atoms with van der Waals surface area (Å²) in [6.45, 7) is 0. The molecule has 0 radical (unpaired) electrons. The van der Waals surface area contributed by atoms with Crippen LogP contribution in [-0.4, -0.2) is 0 Å². The molecule has 3 N–H and O–H groups in total. The van der Waals surface area contributed by atoms with Crippen LogP contribution in [0.5, 0.6) is 0 Å². The second kappa shape index (κ2) is 33.0. The first-order chi connectivity index (χ1) is 61.4. The molecule has 0 bridgehead atoms. The molecule has 124 heavy (non-hydrogen) atoms. The van der Waals surface area contributed by atoms with Gasteiger partial charge in [0.2, 0.25) is 0 Å². The highest BCUT2D eigenvalue weighted by Gasteiger charge is 2.19. The van der Waals surface area contributed by atoms with Crippen LogP contribution >= 0.6 is 34.0 Å². The average molecular weight is 1640 g/mol. The van der Waals surface area contributed by atoms with Crippen LogP contribution in [0.4, 0.5) is 34.1 Å². The van der Waals surface area contributed by atoms with Crippen LogP contribution in [0, 0.1) is 0 Å². The van der Waals surface area contributed by atoms with Gasteiger partial charge in [-0.3, -0.25) is 0 Å². The van der Waals surface area contributed by atoms with Crippen LogP contribution in [0.15, 0.2) is 461 Å². The summed E-state index contributed by atoms with van der Waals surface area (Å²) in [5, 5.41) is 29.3. The van der Waals surface area contributed by atoms with Gasteiger partial charge < -0.3 is 16.0 Å². The smallest absolute Gasteiger partial charge is 0.0434 e. The van der Waals surface area contributed by atoms with E-state index in [4.69, 9.17) is 0 Å². The summed E-state index contributed by atoms with van der Waals surface area (Å²) in [5.74, 6) is 0. The van der Waals surface area contributed by atoms with Crippen molar-refractivity contribution in [3.8, 4) is 89.0 Å². The molecule has 3 heterocycles. The first-order valence-corrected chi connectivity index (χ1v) is 44.6. The fourth-order valence-electron chi connectivity index (χ4n) is 17.7. The van der Waals surface area contributed by atoms with Gasteiger partial charge in [-0.2, -0.15) is 0 Å². The van der Waals surface area contributed by atoms with Gasteiger partial charge in [-0.1, -0.05) is 382 Å². The van der Waals surface area contributed by atoms with Crippen LogP contribution in [0.1, 0.15) is 0 Å². The summed E-state index contributed by atoms with van der Waals surface area (Å²) in [7, 11) is 0. The highest BCUT2D eigenvalue weighted by Crippen LogP contribution is 2.48. The predicted molar refractivity (Wildman–Crippen MR) is 541 cm³/mol. The molecule has 584 valence electrons. The van der Waals surface area contributed by atoms with Crippen LogP contribution in [0.25, 0.3) is 193 Å². The normalized spacial score (nSPS) is 11.4. The van der Waals surface area contributed by atoms with Gasteiger partial charge in [0.05, 0.1) is 0 Å². The number of hydrogen-bond acceptors (Lipinski definition) is 6. The Kier molecular flexibility index (Phi) is 20.0. The van der Waals surface area contributed by atoms with Crippen molar-refractivity contribution in [1.29, 1.82) is 0 Å². The minimum Gasteiger partial charge on any atom is -0.356 e. The van der Waals surface area contributed by atoms with E-state index in [-0.39, 0.29) is 0 Å². The molecule has 0 amide bonds. The number of benzene rings is 21. The van der Waals surface area contributed by atoms with E-state index in [1.807, 2.05) is 34.0 Å². The Balaban J connectivity index is 0.000000111. The average Bonchev–Trinajstić information content (AvgIpc) is 1.61. The molecule has 0 aliphatic carbocycles. The Bertz CT molecular complexity index is 8070. The summed E-state index contributed by atoms with van der Waals surface area (Å²) in [5.41, 5.74) is 26.1. The predicted octanol–water partition coefficient (Wildman–Crippen LogP) is 35.3. The Hall–Kier alpha value is -15.3. The molecule has 0 fully saturated rings. The topological polar surface area (TPSA) is 36.1 Å². The SMILES string of the molecule is c1ccc(-c2ccc(-c3ccc(Nc4ccc(-c5cccc6c5sc5c7ccccc7ccc65)cc4)cc3)cc2)cc1.c1ccc(-c2cccc(Nc3cc(-c4ccccc4)cc(-c4cccc5c4sc4c6ccccc6ccc54)c3)c2)cc1.c1ccc2c(-c3ccc(Nc4ccc(-c5cccc6c5sc5c7ccccc7ccc65)cc4)cc3)cccc2c1. The fourth-order valence-corrected chi connectivity index (χ4v) is 21.8. The Morgan fingerprint density at radius 3 is 0.806 bits per heavy atom. The van der Waals surface area contributed by atoms with Gasteiger partial charge in [0, 0.05) is 94.6 Å². The first kappa shape index (κ1) is 75.0. The molecule has 0 saturated carbocycles. The molecule has 0 saturated heterocycles. The summed E-state index contributed by atoms with van der Waals surface area (Å²) in [6.07, 6.45) is 0. The summed E-state index contributed by atoms with van der Waals surface area (Å²) >= 11 is 5.71. The lowest BCUT2D eigenvalue weighted by atomic mass is 9.96. The molecule has 0 atom stereocenters. The maximum absolute atomic E-state index is 3.74. The number of anilines is 6. The van der Waals surface area contributed by atoms with Crippen molar-refractivity contribution >= 4 is 172 Å². The second-order valence-electron chi connectivity index (χ2n) is 31.6. The van der Waals surface area contributed by atoms with E-state index >= 15 is 0 Å². The first-order valence-electron chi connectivity index (χ1n) is 42.1. The van der Waals surface area contributed by atoms with Gasteiger partial charge in [-0.05, 0) is 211 Å². The van der Waals surface area contributed by atoms with Crippen molar-refractivity contribution < 1.29 is 0 Å². The lowest BCUT2D eigenvalue weighted by Crippen LogP contribution is -1.93. The van der Waals surface area contributed by atoms with E-state index in [0.717, 1.165) is 34.1 Å². The van der Waals surface area contributed by atoms with Crippen molar-refractivity contribution in [1.82, 2.24) is 0 Å². The number of fused-ring (bicyclic) bond motifs is 16. The second-order valence-corrected chi connectivity index (χ2v) is 34.7. The van der Waals surface area contributed by atoms with Gasteiger partial charge in [-0.15, -0.1) is 34.0 Å². The fraction of sp³-hybridized carbons (Fsp3) is 0. The number of thiophene rings is 3. The van der Waals surface area contributed by atoms with E-state index in [0.29, 0.717) is 0 Å². The molecule has 24 aromatic rings. The van der Waals surface area contributed by atoms with Gasteiger partial charge in [0.25, 0.3) is 0 Å². The zero-order valence-electron chi connectivity index (χ0n) is 67.6. The summed E-state index contributed by atoms with van der Waals surface area (Å²) in [6, 6.07) is 166. The maximum atomic E-state index is 3.74. The minimum absolute atomic E-state index is 1.07. The molecular formula is C118H79N3S3. The van der Waals surface area contributed by atoms with Gasteiger partial charge in [-0.25, -0.2) is 0 Å².